The topological polar surface area (TPSA) is 52.6 Å². The van der Waals surface area contributed by atoms with Crippen LogP contribution in [0, 0.1) is 5.41 Å². The van der Waals surface area contributed by atoms with Gasteiger partial charge in [-0.1, -0.05) is 19.9 Å². The molecule has 0 aromatic carbocycles. The molecule has 2 atom stereocenters. The summed E-state index contributed by atoms with van der Waals surface area (Å²) in [6.07, 6.45) is 5.83. The average molecular weight is 315 g/mol. The molecule has 1 amide bonds. The smallest absolute Gasteiger partial charge is 0.249 e. The van der Waals surface area contributed by atoms with Crippen LogP contribution >= 0.6 is 15.9 Å². The summed E-state index contributed by atoms with van der Waals surface area (Å²) < 4.78 is 0.931. The van der Waals surface area contributed by atoms with Crippen molar-refractivity contribution >= 4 is 21.8 Å². The van der Waals surface area contributed by atoms with Crippen LogP contribution in [-0.4, -0.2) is 41.1 Å². The maximum absolute atomic E-state index is 12.3. The second-order valence-corrected chi connectivity index (χ2v) is 6.50. The third-order valence-electron chi connectivity index (χ3n) is 3.60. The van der Waals surface area contributed by atoms with Gasteiger partial charge in [-0.25, -0.2) is 0 Å². The highest BCUT2D eigenvalue weighted by molar-refractivity contribution is 9.11. The molecule has 0 saturated carbocycles. The van der Waals surface area contributed by atoms with Gasteiger partial charge in [-0.15, -0.1) is 0 Å². The molecule has 2 aliphatic rings. The Labute approximate surface area is 116 Å². The summed E-state index contributed by atoms with van der Waals surface area (Å²) in [6.45, 7) is 5.22. The Balaban J connectivity index is 2.01. The van der Waals surface area contributed by atoms with Gasteiger partial charge in [-0.3, -0.25) is 4.79 Å². The molecule has 2 aliphatic heterocycles. The number of nitrogens with zero attached hydrogens (tertiary/aromatic N) is 1. The van der Waals surface area contributed by atoms with Gasteiger partial charge < -0.3 is 15.3 Å². The number of dihydropyridines is 1. The molecular weight excluding hydrogens is 296 g/mol. The number of piperidine rings is 1. The van der Waals surface area contributed by atoms with Crippen LogP contribution in [0.15, 0.2) is 22.8 Å². The molecule has 2 unspecified atom stereocenters. The molecule has 0 aliphatic carbocycles. The Morgan fingerprint density at radius 3 is 2.89 bits per heavy atom. The Morgan fingerprint density at radius 1 is 1.61 bits per heavy atom. The number of nitrogens with one attached hydrogen (secondary N) is 1. The van der Waals surface area contributed by atoms with Crippen LogP contribution in [0.25, 0.3) is 0 Å². The molecule has 2 N–H and O–H groups in total. The van der Waals surface area contributed by atoms with Gasteiger partial charge in [0.2, 0.25) is 5.91 Å². The highest BCUT2D eigenvalue weighted by Gasteiger charge is 2.37. The molecule has 18 heavy (non-hydrogen) atoms. The first kappa shape index (κ1) is 13.6. The van der Waals surface area contributed by atoms with Crippen molar-refractivity contribution in [3.05, 3.63) is 22.8 Å². The summed E-state index contributed by atoms with van der Waals surface area (Å²) in [7, 11) is 0. The number of aliphatic hydroxyl groups is 1. The molecule has 5 heteroatoms. The highest BCUT2D eigenvalue weighted by atomic mass is 79.9. The van der Waals surface area contributed by atoms with Gasteiger partial charge in [-0.2, -0.15) is 0 Å². The van der Waals surface area contributed by atoms with E-state index in [2.05, 4.69) is 21.2 Å². The first-order valence-corrected chi connectivity index (χ1v) is 6.96. The van der Waals surface area contributed by atoms with Gasteiger partial charge >= 0.3 is 0 Å². The van der Waals surface area contributed by atoms with E-state index in [0.29, 0.717) is 19.5 Å². The van der Waals surface area contributed by atoms with E-state index in [1.165, 1.54) is 0 Å². The molecule has 100 valence electrons. The fourth-order valence-corrected chi connectivity index (χ4v) is 2.63. The van der Waals surface area contributed by atoms with Crippen molar-refractivity contribution in [3.63, 3.8) is 0 Å². The quantitative estimate of drug-likeness (QED) is 0.768. The Kier molecular flexibility index (Phi) is 3.82. The molecule has 0 bridgehead atoms. The van der Waals surface area contributed by atoms with E-state index in [0.717, 1.165) is 4.48 Å². The summed E-state index contributed by atoms with van der Waals surface area (Å²) in [6, 6.07) is -0.294. The van der Waals surface area contributed by atoms with Crippen LogP contribution in [0.1, 0.15) is 20.3 Å². The monoisotopic (exact) mass is 314 g/mol. The van der Waals surface area contributed by atoms with E-state index < -0.39 is 0 Å². The number of carbonyl (C=O) groups excluding carboxylic acids is 1. The highest BCUT2D eigenvalue weighted by Crippen LogP contribution is 2.29. The largest absolute Gasteiger partial charge is 0.392 e. The zero-order valence-corrected chi connectivity index (χ0v) is 12.3. The molecule has 0 radical (unpaired) electrons. The van der Waals surface area contributed by atoms with Crippen LogP contribution in [0.2, 0.25) is 0 Å². The van der Waals surface area contributed by atoms with Crippen LogP contribution in [0.5, 0.6) is 0 Å². The Morgan fingerprint density at radius 2 is 2.33 bits per heavy atom. The standard InChI is InChI=1S/C13H19BrN2O2/c1-13(2)8-16(6-5-11(13)17)12(18)10-4-3-9(14)7-15-10/h3-4,7,10-11,15,17H,5-6,8H2,1-2H3. The number of halogens is 1. The minimum absolute atomic E-state index is 0.0717. The van der Waals surface area contributed by atoms with Crippen molar-refractivity contribution < 1.29 is 9.90 Å². The second-order valence-electron chi connectivity index (χ2n) is 5.59. The first-order valence-electron chi connectivity index (χ1n) is 6.17. The van der Waals surface area contributed by atoms with Crippen molar-refractivity contribution in [3.8, 4) is 0 Å². The zero-order valence-electron chi connectivity index (χ0n) is 10.7. The second kappa shape index (κ2) is 5.05. The van der Waals surface area contributed by atoms with Crippen molar-refractivity contribution in [1.29, 1.82) is 0 Å². The molecule has 1 fully saturated rings. The lowest BCUT2D eigenvalue weighted by molar-refractivity contribution is -0.138. The van der Waals surface area contributed by atoms with Crippen molar-refractivity contribution in [2.45, 2.75) is 32.4 Å². The third-order valence-corrected chi connectivity index (χ3v) is 4.09. The van der Waals surface area contributed by atoms with Crippen molar-refractivity contribution in [1.82, 2.24) is 10.2 Å². The summed E-state index contributed by atoms with van der Waals surface area (Å²) in [4.78, 5) is 14.2. The van der Waals surface area contributed by atoms with Crippen molar-refractivity contribution in [2.75, 3.05) is 13.1 Å². The Hall–Kier alpha value is -0.810. The molecule has 2 heterocycles. The van der Waals surface area contributed by atoms with E-state index in [1.807, 2.05) is 30.9 Å². The zero-order chi connectivity index (χ0) is 13.3. The SMILES string of the molecule is CC1(C)CN(C(=O)C2C=CC(Br)=CN2)CCC1O. The molecule has 0 spiro atoms. The molecule has 0 aromatic rings. The van der Waals surface area contributed by atoms with E-state index >= 15 is 0 Å². The number of likely N-dealkylation sites (tertiary alicyclic amines) is 1. The van der Waals surface area contributed by atoms with Gasteiger partial charge in [0.1, 0.15) is 6.04 Å². The van der Waals surface area contributed by atoms with Gasteiger partial charge in [0, 0.05) is 29.2 Å². The average Bonchev–Trinajstić information content (AvgIpc) is 2.33. The fourth-order valence-electron chi connectivity index (χ4n) is 2.34. The minimum Gasteiger partial charge on any atom is -0.392 e. The normalized spacial score (nSPS) is 30.7. The maximum atomic E-state index is 12.3. The van der Waals surface area contributed by atoms with Gasteiger partial charge in [-0.05, 0) is 28.4 Å². The van der Waals surface area contributed by atoms with Crippen LogP contribution in [0.3, 0.4) is 0 Å². The number of carbonyl (C=O) groups is 1. The minimum atomic E-state index is -0.328. The Bertz CT molecular complexity index is 404. The molecular formula is C13H19BrN2O2. The lowest BCUT2D eigenvalue weighted by atomic mass is 9.81. The summed E-state index contributed by atoms with van der Waals surface area (Å²) in [5.41, 5.74) is -0.233. The predicted octanol–water partition coefficient (Wildman–Crippen LogP) is 1.37. The number of aliphatic hydroxyl groups excluding tert-OH is 1. The van der Waals surface area contributed by atoms with E-state index in [9.17, 15) is 9.90 Å². The number of hydrogen-bond acceptors (Lipinski definition) is 3. The number of allylic oxidation sites excluding steroid dienone is 2. The molecule has 2 rings (SSSR count). The van der Waals surface area contributed by atoms with Gasteiger partial charge in [0.05, 0.1) is 6.10 Å². The van der Waals surface area contributed by atoms with E-state index in [-0.39, 0.29) is 23.5 Å². The van der Waals surface area contributed by atoms with Crippen LogP contribution in [0.4, 0.5) is 0 Å². The van der Waals surface area contributed by atoms with E-state index in [1.54, 1.807) is 6.20 Å². The third kappa shape index (κ3) is 2.78. The van der Waals surface area contributed by atoms with Crippen LogP contribution < -0.4 is 5.32 Å². The summed E-state index contributed by atoms with van der Waals surface area (Å²) in [5, 5.41) is 13.0. The maximum Gasteiger partial charge on any atom is 0.249 e. The van der Waals surface area contributed by atoms with Gasteiger partial charge in [0.15, 0.2) is 0 Å². The van der Waals surface area contributed by atoms with E-state index in [4.69, 9.17) is 0 Å². The predicted molar refractivity (Wildman–Crippen MR) is 74.1 cm³/mol. The number of amides is 1. The number of rotatable bonds is 1. The van der Waals surface area contributed by atoms with Crippen molar-refractivity contribution in [2.24, 2.45) is 5.41 Å². The summed E-state index contributed by atoms with van der Waals surface area (Å²) in [5.74, 6) is 0.0717. The molecule has 0 aromatic heterocycles. The summed E-state index contributed by atoms with van der Waals surface area (Å²) >= 11 is 3.34. The molecule has 1 saturated heterocycles. The first-order chi connectivity index (χ1) is 8.40. The fraction of sp³-hybridized carbons (Fsp3) is 0.615. The molecule has 4 nitrogen and oxygen atoms in total. The lowest BCUT2D eigenvalue weighted by Crippen LogP contribution is -2.54. The lowest BCUT2D eigenvalue weighted by Gasteiger charge is -2.42. The van der Waals surface area contributed by atoms with Crippen LogP contribution in [-0.2, 0) is 4.79 Å². The number of hydrogen-bond donors (Lipinski definition) is 2. The van der Waals surface area contributed by atoms with Gasteiger partial charge in [0.25, 0.3) is 0 Å².